The maximum atomic E-state index is 12.4. The van der Waals surface area contributed by atoms with Crippen molar-refractivity contribution in [1.29, 1.82) is 0 Å². The van der Waals surface area contributed by atoms with E-state index in [0.717, 1.165) is 6.42 Å². The first-order chi connectivity index (χ1) is 12.1. The summed E-state index contributed by atoms with van der Waals surface area (Å²) in [5, 5.41) is 2.82. The molecule has 0 radical (unpaired) electrons. The largest absolute Gasteiger partial charge is 0.462 e. The molecule has 1 aromatic carbocycles. The number of anilines is 1. The molecule has 7 nitrogen and oxygen atoms in total. The molecule has 0 aliphatic carbocycles. The molecule has 0 saturated carbocycles. The summed E-state index contributed by atoms with van der Waals surface area (Å²) in [7, 11) is 1.61. The van der Waals surface area contributed by atoms with Gasteiger partial charge >= 0.3 is 5.97 Å². The topological polar surface area (TPSA) is 84.9 Å². The zero-order chi connectivity index (χ0) is 18.2. The third kappa shape index (κ3) is 4.79. The molecule has 1 atom stereocenters. The highest BCUT2D eigenvalue weighted by Crippen LogP contribution is 2.28. The number of hydrogen-bond acceptors (Lipinski definition) is 5. The number of para-hydroxylation sites is 1. The number of carbonyl (C=O) groups excluding carboxylic acids is 3. The minimum Gasteiger partial charge on any atom is -0.462 e. The number of hydrogen-bond donors (Lipinski definition) is 1. The van der Waals surface area contributed by atoms with Gasteiger partial charge in [-0.15, -0.1) is 0 Å². The third-order valence-corrected chi connectivity index (χ3v) is 4.01. The van der Waals surface area contributed by atoms with Crippen LogP contribution in [0.5, 0.6) is 0 Å². The Morgan fingerprint density at radius 2 is 2.08 bits per heavy atom. The highest BCUT2D eigenvalue weighted by atomic mass is 16.5. The van der Waals surface area contributed by atoms with E-state index in [0.29, 0.717) is 24.4 Å². The summed E-state index contributed by atoms with van der Waals surface area (Å²) in [4.78, 5) is 38.2. The van der Waals surface area contributed by atoms with Crippen molar-refractivity contribution in [3.63, 3.8) is 0 Å². The molecule has 1 heterocycles. The first-order valence-corrected chi connectivity index (χ1v) is 8.41. The van der Waals surface area contributed by atoms with Crippen LogP contribution in [0.15, 0.2) is 24.3 Å². The van der Waals surface area contributed by atoms with Gasteiger partial charge < -0.3 is 19.7 Å². The number of carbonyl (C=O) groups is 3. The van der Waals surface area contributed by atoms with Gasteiger partial charge in [0.15, 0.2) is 0 Å². The Morgan fingerprint density at radius 3 is 2.80 bits per heavy atom. The minimum absolute atomic E-state index is 0.132. The van der Waals surface area contributed by atoms with Crippen molar-refractivity contribution in [1.82, 2.24) is 5.32 Å². The second-order valence-corrected chi connectivity index (χ2v) is 5.78. The van der Waals surface area contributed by atoms with Gasteiger partial charge in [-0.2, -0.15) is 0 Å². The Hall–Kier alpha value is -2.41. The Balaban J connectivity index is 2.06. The number of rotatable bonds is 8. The first-order valence-electron chi connectivity index (χ1n) is 8.41. The summed E-state index contributed by atoms with van der Waals surface area (Å²) in [5.41, 5.74) is 0.819. The van der Waals surface area contributed by atoms with Gasteiger partial charge in [0.1, 0.15) is 0 Å². The van der Waals surface area contributed by atoms with E-state index in [-0.39, 0.29) is 31.4 Å². The lowest BCUT2D eigenvalue weighted by molar-refractivity contribution is -0.126. The summed E-state index contributed by atoms with van der Waals surface area (Å²) in [6, 6.07) is 6.79. The fourth-order valence-electron chi connectivity index (χ4n) is 2.78. The highest BCUT2D eigenvalue weighted by molar-refractivity contribution is 6.05. The maximum Gasteiger partial charge on any atom is 0.340 e. The third-order valence-electron chi connectivity index (χ3n) is 4.01. The molecule has 1 aliphatic heterocycles. The van der Waals surface area contributed by atoms with Gasteiger partial charge in [-0.25, -0.2) is 4.79 Å². The van der Waals surface area contributed by atoms with Crippen LogP contribution in [0, 0.1) is 5.92 Å². The van der Waals surface area contributed by atoms with Crippen molar-refractivity contribution in [3.05, 3.63) is 29.8 Å². The summed E-state index contributed by atoms with van der Waals surface area (Å²) in [6.07, 6.45) is 0.853. The lowest BCUT2D eigenvalue weighted by Crippen LogP contribution is -2.34. The smallest absolute Gasteiger partial charge is 0.340 e. The monoisotopic (exact) mass is 348 g/mol. The van der Waals surface area contributed by atoms with Crippen LogP contribution in [-0.4, -0.2) is 51.2 Å². The van der Waals surface area contributed by atoms with Gasteiger partial charge in [0.05, 0.1) is 23.8 Å². The average Bonchev–Trinajstić information content (AvgIpc) is 3.00. The highest BCUT2D eigenvalue weighted by Gasteiger charge is 2.36. The molecule has 1 unspecified atom stereocenters. The quantitative estimate of drug-likeness (QED) is 0.566. The van der Waals surface area contributed by atoms with Crippen molar-refractivity contribution in [2.24, 2.45) is 5.92 Å². The lowest BCUT2D eigenvalue weighted by Gasteiger charge is -2.19. The van der Waals surface area contributed by atoms with Gasteiger partial charge in [-0.1, -0.05) is 12.1 Å². The molecule has 0 aromatic heterocycles. The van der Waals surface area contributed by atoms with Gasteiger partial charge in [0, 0.05) is 33.2 Å². The lowest BCUT2D eigenvalue weighted by atomic mass is 10.1. The van der Waals surface area contributed by atoms with Gasteiger partial charge in [-0.05, 0) is 25.5 Å². The average molecular weight is 348 g/mol. The van der Waals surface area contributed by atoms with Crippen molar-refractivity contribution in [3.8, 4) is 0 Å². The number of esters is 1. The fraction of sp³-hybridized carbons (Fsp3) is 0.500. The summed E-state index contributed by atoms with van der Waals surface area (Å²) >= 11 is 0. The van der Waals surface area contributed by atoms with Gasteiger partial charge in [0.25, 0.3) is 0 Å². The van der Waals surface area contributed by atoms with Crippen LogP contribution in [0.2, 0.25) is 0 Å². The Kier molecular flexibility index (Phi) is 6.94. The molecule has 0 spiro atoms. The molecule has 1 aromatic rings. The Morgan fingerprint density at radius 1 is 1.32 bits per heavy atom. The number of nitrogens with zero attached hydrogens (tertiary/aromatic N) is 1. The summed E-state index contributed by atoms with van der Waals surface area (Å²) in [5.74, 6) is -1.22. The number of amides is 2. The molecule has 1 fully saturated rings. The molecule has 1 aliphatic rings. The van der Waals surface area contributed by atoms with Crippen LogP contribution in [0.4, 0.5) is 5.69 Å². The summed E-state index contributed by atoms with van der Waals surface area (Å²) in [6.45, 7) is 3.32. The summed E-state index contributed by atoms with van der Waals surface area (Å²) < 4.78 is 9.98. The molecular weight excluding hydrogens is 324 g/mol. The predicted molar refractivity (Wildman–Crippen MR) is 92.4 cm³/mol. The van der Waals surface area contributed by atoms with E-state index in [4.69, 9.17) is 9.47 Å². The number of ether oxygens (including phenoxy) is 2. The van der Waals surface area contributed by atoms with E-state index in [1.54, 1.807) is 38.3 Å². The standard InChI is InChI=1S/C18H24N2O5/c1-3-25-18(23)14-7-4-5-8-15(14)20-12-13(11-16(20)21)17(22)19-9-6-10-24-2/h4-5,7-8,13H,3,6,9-12H2,1-2H3,(H,19,22). The normalized spacial score (nSPS) is 16.8. The predicted octanol–water partition coefficient (Wildman–Crippen LogP) is 1.37. The molecule has 1 saturated heterocycles. The van der Waals surface area contributed by atoms with Crippen molar-refractivity contribution in [2.75, 3.05) is 38.3 Å². The molecule has 7 heteroatoms. The van der Waals surface area contributed by atoms with E-state index in [1.165, 1.54) is 4.90 Å². The Labute approximate surface area is 147 Å². The van der Waals surface area contributed by atoms with Crippen LogP contribution in [0.3, 0.4) is 0 Å². The SMILES string of the molecule is CCOC(=O)c1ccccc1N1CC(C(=O)NCCCOC)CC1=O. The van der Waals surface area contributed by atoms with E-state index in [1.807, 2.05) is 0 Å². The number of benzene rings is 1. The van der Waals surface area contributed by atoms with Gasteiger partial charge in [-0.3, -0.25) is 9.59 Å². The molecule has 136 valence electrons. The zero-order valence-corrected chi connectivity index (χ0v) is 14.6. The molecular formula is C18H24N2O5. The van der Waals surface area contributed by atoms with Crippen molar-refractivity contribution in [2.45, 2.75) is 19.8 Å². The van der Waals surface area contributed by atoms with E-state index in [2.05, 4.69) is 5.32 Å². The fourth-order valence-corrected chi connectivity index (χ4v) is 2.78. The minimum atomic E-state index is -0.474. The second-order valence-electron chi connectivity index (χ2n) is 5.78. The molecule has 1 N–H and O–H groups in total. The van der Waals surface area contributed by atoms with Crippen LogP contribution >= 0.6 is 0 Å². The number of nitrogens with one attached hydrogen (secondary N) is 1. The second kappa shape index (κ2) is 9.17. The first kappa shape index (κ1) is 18.9. The maximum absolute atomic E-state index is 12.4. The van der Waals surface area contributed by atoms with Crippen molar-refractivity contribution < 1.29 is 23.9 Å². The van der Waals surface area contributed by atoms with Crippen LogP contribution in [0.1, 0.15) is 30.1 Å². The molecule has 25 heavy (non-hydrogen) atoms. The number of methoxy groups -OCH3 is 1. The van der Waals surface area contributed by atoms with E-state index in [9.17, 15) is 14.4 Å². The van der Waals surface area contributed by atoms with Crippen molar-refractivity contribution >= 4 is 23.5 Å². The van der Waals surface area contributed by atoms with Gasteiger partial charge in [0.2, 0.25) is 11.8 Å². The van der Waals surface area contributed by atoms with E-state index < -0.39 is 11.9 Å². The molecule has 2 amide bonds. The Bertz CT molecular complexity index is 632. The van der Waals surface area contributed by atoms with E-state index >= 15 is 0 Å². The zero-order valence-electron chi connectivity index (χ0n) is 14.6. The van der Waals surface area contributed by atoms with Crippen LogP contribution in [0.25, 0.3) is 0 Å². The molecule has 2 rings (SSSR count). The molecule has 0 bridgehead atoms. The van der Waals surface area contributed by atoms with Crippen LogP contribution < -0.4 is 10.2 Å². The van der Waals surface area contributed by atoms with Crippen LogP contribution in [-0.2, 0) is 19.1 Å².